The number of rotatable bonds is 5. The third kappa shape index (κ3) is 3.86. The Morgan fingerprint density at radius 3 is 2.95 bits per heavy atom. The van der Waals surface area contributed by atoms with E-state index >= 15 is 0 Å². The highest BCUT2D eigenvalue weighted by atomic mass is 35.5. The molecule has 2 unspecified atom stereocenters. The molecule has 3 nitrogen and oxygen atoms in total. The van der Waals surface area contributed by atoms with E-state index in [9.17, 15) is 0 Å². The number of hydrogen-bond acceptors (Lipinski definition) is 3. The molecule has 1 aliphatic carbocycles. The van der Waals surface area contributed by atoms with Gasteiger partial charge in [-0.1, -0.05) is 19.8 Å². The number of nitrogens with zero attached hydrogens (tertiary/aromatic N) is 1. The Hall–Kier alpha value is -0.800. The van der Waals surface area contributed by atoms with Crippen molar-refractivity contribution >= 4 is 11.6 Å². The van der Waals surface area contributed by atoms with Gasteiger partial charge in [-0.15, -0.1) is 11.6 Å². The lowest BCUT2D eigenvalue weighted by Gasteiger charge is -2.39. The molecule has 0 aliphatic heterocycles. The molecule has 1 fully saturated rings. The second kappa shape index (κ2) is 6.77. The van der Waals surface area contributed by atoms with Crippen molar-refractivity contribution in [2.45, 2.75) is 51.6 Å². The van der Waals surface area contributed by atoms with Crippen LogP contribution < -0.4 is 10.1 Å². The quantitative estimate of drug-likeness (QED) is 0.842. The zero-order chi connectivity index (χ0) is 14.6. The van der Waals surface area contributed by atoms with Gasteiger partial charge in [0.2, 0.25) is 0 Å². The molecule has 1 aliphatic rings. The maximum atomic E-state index is 6.25. The summed E-state index contributed by atoms with van der Waals surface area (Å²) < 4.78 is 5.30. The third-order valence-corrected chi connectivity index (χ3v) is 4.72. The SMILES string of the molecule is COc1cc(C)nc(CNC2(CCl)CCCC(C)C2)c1. The second-order valence-electron chi connectivity index (χ2n) is 6.11. The average Bonchev–Trinajstić information content (AvgIpc) is 2.44. The van der Waals surface area contributed by atoms with Crippen LogP contribution in [0.5, 0.6) is 5.75 Å². The molecule has 1 saturated carbocycles. The molecular weight excluding hydrogens is 272 g/mol. The standard InChI is InChI=1S/C16H25ClN2O/c1-12-5-4-6-16(9-12,11-17)18-10-14-8-15(20-3)7-13(2)19-14/h7-8,12,18H,4-6,9-11H2,1-3H3. The molecule has 1 N–H and O–H groups in total. The fourth-order valence-corrected chi connectivity index (χ4v) is 3.52. The van der Waals surface area contributed by atoms with Gasteiger partial charge in [0.15, 0.2) is 0 Å². The highest BCUT2D eigenvalue weighted by molar-refractivity contribution is 6.18. The van der Waals surface area contributed by atoms with E-state index in [2.05, 4.69) is 17.2 Å². The monoisotopic (exact) mass is 296 g/mol. The summed E-state index contributed by atoms with van der Waals surface area (Å²) in [5, 5.41) is 3.66. The van der Waals surface area contributed by atoms with Crippen molar-refractivity contribution in [1.82, 2.24) is 10.3 Å². The molecule has 1 aromatic rings. The number of pyridine rings is 1. The number of alkyl halides is 1. The van der Waals surface area contributed by atoms with Crippen molar-refractivity contribution in [2.24, 2.45) is 5.92 Å². The zero-order valence-corrected chi connectivity index (χ0v) is 13.5. The average molecular weight is 297 g/mol. The molecule has 0 bridgehead atoms. The van der Waals surface area contributed by atoms with Gasteiger partial charge < -0.3 is 10.1 Å². The summed E-state index contributed by atoms with van der Waals surface area (Å²) in [4.78, 5) is 4.57. The Kier molecular flexibility index (Phi) is 5.28. The molecule has 1 aromatic heterocycles. The number of aromatic nitrogens is 1. The van der Waals surface area contributed by atoms with Crippen LogP contribution in [0, 0.1) is 12.8 Å². The van der Waals surface area contributed by atoms with Gasteiger partial charge in [0.05, 0.1) is 12.8 Å². The number of hydrogen-bond donors (Lipinski definition) is 1. The number of ether oxygens (including phenoxy) is 1. The second-order valence-corrected chi connectivity index (χ2v) is 6.38. The van der Waals surface area contributed by atoms with Crippen molar-refractivity contribution in [3.8, 4) is 5.75 Å². The van der Waals surface area contributed by atoms with Gasteiger partial charge in [-0.3, -0.25) is 4.98 Å². The molecule has 2 rings (SSSR count). The zero-order valence-electron chi connectivity index (χ0n) is 12.7. The summed E-state index contributed by atoms with van der Waals surface area (Å²) in [6, 6.07) is 3.94. The molecule has 0 aromatic carbocycles. The van der Waals surface area contributed by atoms with Gasteiger partial charge in [-0.2, -0.15) is 0 Å². The van der Waals surface area contributed by atoms with Crippen LogP contribution in [0.15, 0.2) is 12.1 Å². The molecule has 112 valence electrons. The maximum absolute atomic E-state index is 6.25. The Bertz CT molecular complexity index is 452. The topological polar surface area (TPSA) is 34.1 Å². The summed E-state index contributed by atoms with van der Waals surface area (Å²) >= 11 is 6.25. The first-order valence-corrected chi connectivity index (χ1v) is 7.93. The molecule has 0 saturated heterocycles. The van der Waals surface area contributed by atoms with Crippen LogP contribution >= 0.6 is 11.6 Å². The first kappa shape index (κ1) is 15.6. The molecular formula is C16H25ClN2O. The molecule has 0 radical (unpaired) electrons. The van der Waals surface area contributed by atoms with Crippen molar-refractivity contribution in [1.29, 1.82) is 0 Å². The highest BCUT2D eigenvalue weighted by Crippen LogP contribution is 2.33. The highest BCUT2D eigenvalue weighted by Gasteiger charge is 2.33. The number of halogens is 1. The van der Waals surface area contributed by atoms with Gasteiger partial charge in [0, 0.05) is 35.8 Å². The lowest BCUT2D eigenvalue weighted by atomic mass is 9.77. The normalized spacial score (nSPS) is 26.5. The fraction of sp³-hybridized carbons (Fsp3) is 0.688. The van der Waals surface area contributed by atoms with Crippen molar-refractivity contribution in [2.75, 3.05) is 13.0 Å². The molecule has 0 amide bonds. The van der Waals surface area contributed by atoms with Crippen molar-refractivity contribution in [3.63, 3.8) is 0 Å². The maximum Gasteiger partial charge on any atom is 0.122 e. The summed E-state index contributed by atoms with van der Waals surface area (Å²) in [6.07, 6.45) is 4.88. The van der Waals surface area contributed by atoms with Crippen LogP contribution in [0.3, 0.4) is 0 Å². The molecule has 4 heteroatoms. The van der Waals surface area contributed by atoms with Crippen LogP contribution in [0.4, 0.5) is 0 Å². The van der Waals surface area contributed by atoms with Crippen molar-refractivity contribution in [3.05, 3.63) is 23.5 Å². The summed E-state index contributed by atoms with van der Waals surface area (Å²) in [5.41, 5.74) is 2.07. The third-order valence-electron chi connectivity index (χ3n) is 4.21. The van der Waals surface area contributed by atoms with E-state index < -0.39 is 0 Å². The van der Waals surface area contributed by atoms with Gasteiger partial charge in [-0.05, 0) is 25.7 Å². The van der Waals surface area contributed by atoms with E-state index in [1.807, 2.05) is 19.1 Å². The van der Waals surface area contributed by atoms with Crippen LogP contribution in [-0.4, -0.2) is 23.5 Å². The minimum atomic E-state index is 0.0673. The number of aryl methyl sites for hydroxylation is 1. The van der Waals surface area contributed by atoms with Crippen LogP contribution in [-0.2, 0) is 6.54 Å². The van der Waals surface area contributed by atoms with E-state index in [4.69, 9.17) is 16.3 Å². The smallest absolute Gasteiger partial charge is 0.122 e. The van der Waals surface area contributed by atoms with Gasteiger partial charge >= 0.3 is 0 Å². The first-order valence-electron chi connectivity index (χ1n) is 7.39. The molecule has 1 heterocycles. The lowest BCUT2D eigenvalue weighted by Crippen LogP contribution is -2.49. The van der Waals surface area contributed by atoms with Gasteiger partial charge in [-0.25, -0.2) is 0 Å². The molecule has 20 heavy (non-hydrogen) atoms. The summed E-state index contributed by atoms with van der Waals surface area (Å²) in [6.45, 7) is 5.06. The van der Waals surface area contributed by atoms with E-state index in [1.165, 1.54) is 12.8 Å². The number of methoxy groups -OCH3 is 1. The van der Waals surface area contributed by atoms with Crippen molar-refractivity contribution < 1.29 is 4.74 Å². The van der Waals surface area contributed by atoms with E-state index in [1.54, 1.807) is 7.11 Å². The molecule has 2 atom stereocenters. The predicted molar refractivity (Wildman–Crippen MR) is 83.4 cm³/mol. The minimum absolute atomic E-state index is 0.0673. The summed E-state index contributed by atoms with van der Waals surface area (Å²) in [7, 11) is 1.69. The Labute approximate surface area is 127 Å². The predicted octanol–water partition coefficient (Wildman–Crippen LogP) is 3.68. The Morgan fingerprint density at radius 1 is 1.50 bits per heavy atom. The molecule has 0 spiro atoms. The van der Waals surface area contributed by atoms with Crippen LogP contribution in [0.2, 0.25) is 0 Å². The van der Waals surface area contributed by atoms with E-state index in [-0.39, 0.29) is 5.54 Å². The summed E-state index contributed by atoms with van der Waals surface area (Å²) in [5.74, 6) is 2.28. The minimum Gasteiger partial charge on any atom is -0.497 e. The number of nitrogens with one attached hydrogen (secondary N) is 1. The van der Waals surface area contributed by atoms with Crippen LogP contribution in [0.25, 0.3) is 0 Å². The van der Waals surface area contributed by atoms with Gasteiger partial charge in [0.25, 0.3) is 0 Å². The van der Waals surface area contributed by atoms with E-state index in [0.29, 0.717) is 5.88 Å². The van der Waals surface area contributed by atoms with Crippen LogP contribution in [0.1, 0.15) is 44.0 Å². The fourth-order valence-electron chi connectivity index (χ4n) is 3.18. The Morgan fingerprint density at radius 2 is 2.30 bits per heavy atom. The van der Waals surface area contributed by atoms with E-state index in [0.717, 1.165) is 42.4 Å². The lowest BCUT2D eigenvalue weighted by molar-refractivity contribution is 0.207. The first-order chi connectivity index (χ1) is 9.57. The Balaban J connectivity index is 2.04. The largest absolute Gasteiger partial charge is 0.497 e. The van der Waals surface area contributed by atoms with Gasteiger partial charge in [0.1, 0.15) is 5.75 Å².